The fraction of sp³-hybridized carbons (Fsp3) is 0.571. The van der Waals surface area contributed by atoms with E-state index in [4.69, 9.17) is 5.11 Å². The highest BCUT2D eigenvalue weighted by Gasteiger charge is 2.11. The summed E-state index contributed by atoms with van der Waals surface area (Å²) in [5.41, 5.74) is 1.35. The Labute approximate surface area is 98.7 Å². The Hall–Kier alpha value is -0.860. The van der Waals surface area contributed by atoms with E-state index in [2.05, 4.69) is 43.4 Å². The standard InChI is InChI=1S/C14H23NO/c1-3-14(13-9-5-4-6-10-13)15-12(2)8-7-11-16/h4-6,9-10,12,14-16H,3,7-8,11H2,1-2H3. The van der Waals surface area contributed by atoms with Gasteiger partial charge in [0.25, 0.3) is 0 Å². The smallest absolute Gasteiger partial charge is 0.0431 e. The lowest BCUT2D eigenvalue weighted by atomic mass is 10.0. The lowest BCUT2D eigenvalue weighted by Crippen LogP contribution is -2.30. The van der Waals surface area contributed by atoms with Gasteiger partial charge in [-0.3, -0.25) is 0 Å². The van der Waals surface area contributed by atoms with E-state index < -0.39 is 0 Å². The minimum Gasteiger partial charge on any atom is -0.396 e. The molecule has 0 heterocycles. The van der Waals surface area contributed by atoms with Crippen LogP contribution < -0.4 is 5.32 Å². The van der Waals surface area contributed by atoms with Gasteiger partial charge in [-0.25, -0.2) is 0 Å². The van der Waals surface area contributed by atoms with Gasteiger partial charge in [0.05, 0.1) is 0 Å². The maximum absolute atomic E-state index is 8.80. The predicted octanol–water partition coefficient (Wildman–Crippen LogP) is 2.89. The van der Waals surface area contributed by atoms with Gasteiger partial charge in [0.1, 0.15) is 0 Å². The summed E-state index contributed by atoms with van der Waals surface area (Å²) in [5.74, 6) is 0. The van der Waals surface area contributed by atoms with Crippen LogP contribution in [0.5, 0.6) is 0 Å². The topological polar surface area (TPSA) is 32.3 Å². The van der Waals surface area contributed by atoms with Gasteiger partial charge < -0.3 is 10.4 Å². The second kappa shape index (κ2) is 7.42. The predicted molar refractivity (Wildman–Crippen MR) is 68.4 cm³/mol. The second-order valence-corrected chi connectivity index (χ2v) is 4.31. The Morgan fingerprint density at radius 1 is 1.25 bits per heavy atom. The van der Waals surface area contributed by atoms with E-state index in [0.717, 1.165) is 19.3 Å². The number of benzene rings is 1. The Bertz CT molecular complexity index is 273. The third-order valence-electron chi connectivity index (χ3n) is 2.89. The highest BCUT2D eigenvalue weighted by molar-refractivity contribution is 5.18. The molecule has 2 nitrogen and oxygen atoms in total. The van der Waals surface area contributed by atoms with Crippen molar-refractivity contribution in [2.75, 3.05) is 6.61 Å². The fourth-order valence-electron chi connectivity index (χ4n) is 1.96. The molecule has 0 bridgehead atoms. The minimum atomic E-state index is 0.286. The number of hydrogen-bond donors (Lipinski definition) is 2. The number of aliphatic hydroxyl groups is 1. The van der Waals surface area contributed by atoms with Crippen LogP contribution in [0.3, 0.4) is 0 Å². The van der Waals surface area contributed by atoms with Crippen LogP contribution in [0.15, 0.2) is 30.3 Å². The molecule has 0 radical (unpaired) electrons. The Morgan fingerprint density at radius 3 is 2.50 bits per heavy atom. The SMILES string of the molecule is CCC(NC(C)CCCO)c1ccccc1. The lowest BCUT2D eigenvalue weighted by molar-refractivity contribution is 0.273. The maximum atomic E-state index is 8.80. The molecule has 0 saturated carbocycles. The summed E-state index contributed by atoms with van der Waals surface area (Å²) in [6.45, 7) is 4.67. The number of hydrogen-bond acceptors (Lipinski definition) is 2. The summed E-state index contributed by atoms with van der Waals surface area (Å²) < 4.78 is 0. The molecule has 2 N–H and O–H groups in total. The molecule has 16 heavy (non-hydrogen) atoms. The van der Waals surface area contributed by atoms with Gasteiger partial charge >= 0.3 is 0 Å². The molecule has 1 aromatic rings. The minimum absolute atomic E-state index is 0.286. The summed E-state index contributed by atoms with van der Waals surface area (Å²) in [6.07, 6.45) is 2.99. The van der Waals surface area contributed by atoms with Crippen molar-refractivity contribution in [2.45, 2.75) is 45.2 Å². The van der Waals surface area contributed by atoms with Gasteiger partial charge in [-0.15, -0.1) is 0 Å². The molecule has 0 saturated heterocycles. The number of rotatable bonds is 7. The molecule has 0 fully saturated rings. The van der Waals surface area contributed by atoms with Crippen molar-refractivity contribution in [3.05, 3.63) is 35.9 Å². The van der Waals surface area contributed by atoms with Crippen molar-refractivity contribution < 1.29 is 5.11 Å². The Kier molecular flexibility index (Phi) is 6.12. The zero-order valence-corrected chi connectivity index (χ0v) is 10.3. The lowest BCUT2D eigenvalue weighted by Gasteiger charge is -2.22. The first-order valence-electron chi connectivity index (χ1n) is 6.19. The second-order valence-electron chi connectivity index (χ2n) is 4.31. The molecule has 0 aliphatic carbocycles. The molecule has 2 unspecified atom stereocenters. The van der Waals surface area contributed by atoms with Gasteiger partial charge in [-0.1, -0.05) is 37.3 Å². The van der Waals surface area contributed by atoms with Crippen LogP contribution in [-0.2, 0) is 0 Å². The Morgan fingerprint density at radius 2 is 1.94 bits per heavy atom. The van der Waals surface area contributed by atoms with Gasteiger partial charge in [0.2, 0.25) is 0 Å². The van der Waals surface area contributed by atoms with Crippen LogP contribution >= 0.6 is 0 Å². The molecule has 0 spiro atoms. The van der Waals surface area contributed by atoms with Gasteiger partial charge in [0, 0.05) is 18.7 Å². The van der Waals surface area contributed by atoms with Crippen molar-refractivity contribution in [1.82, 2.24) is 5.32 Å². The summed E-state index contributed by atoms with van der Waals surface area (Å²) >= 11 is 0. The molecular formula is C14H23NO. The van der Waals surface area contributed by atoms with Crippen molar-refractivity contribution >= 4 is 0 Å². The molecule has 2 heteroatoms. The number of nitrogens with one attached hydrogen (secondary N) is 1. The average Bonchev–Trinajstić information content (AvgIpc) is 2.34. The van der Waals surface area contributed by atoms with E-state index in [1.807, 2.05) is 6.07 Å². The highest BCUT2D eigenvalue weighted by Crippen LogP contribution is 2.17. The first kappa shape index (κ1) is 13.2. The molecule has 0 amide bonds. The molecular weight excluding hydrogens is 198 g/mol. The van der Waals surface area contributed by atoms with Gasteiger partial charge in [-0.2, -0.15) is 0 Å². The first-order valence-corrected chi connectivity index (χ1v) is 6.19. The molecule has 0 aliphatic heterocycles. The van der Waals surface area contributed by atoms with Crippen molar-refractivity contribution in [3.8, 4) is 0 Å². The number of aliphatic hydroxyl groups excluding tert-OH is 1. The van der Waals surface area contributed by atoms with Crippen LogP contribution in [0.2, 0.25) is 0 Å². The third-order valence-corrected chi connectivity index (χ3v) is 2.89. The monoisotopic (exact) mass is 221 g/mol. The normalized spacial score (nSPS) is 14.7. The van der Waals surface area contributed by atoms with Crippen molar-refractivity contribution in [2.24, 2.45) is 0 Å². The maximum Gasteiger partial charge on any atom is 0.0431 e. The van der Waals surface area contributed by atoms with Crippen molar-refractivity contribution in [3.63, 3.8) is 0 Å². The molecule has 1 aromatic carbocycles. The summed E-state index contributed by atoms with van der Waals surface area (Å²) in [4.78, 5) is 0. The molecule has 90 valence electrons. The zero-order valence-electron chi connectivity index (χ0n) is 10.3. The van der Waals surface area contributed by atoms with Crippen LogP contribution in [0.1, 0.15) is 44.7 Å². The molecule has 0 aliphatic rings. The van der Waals surface area contributed by atoms with E-state index in [1.54, 1.807) is 0 Å². The third kappa shape index (κ3) is 4.33. The first-order chi connectivity index (χ1) is 7.77. The highest BCUT2D eigenvalue weighted by atomic mass is 16.2. The van der Waals surface area contributed by atoms with E-state index >= 15 is 0 Å². The van der Waals surface area contributed by atoms with Gasteiger partial charge in [0.15, 0.2) is 0 Å². The summed E-state index contributed by atoms with van der Waals surface area (Å²) in [7, 11) is 0. The molecule has 1 rings (SSSR count). The quantitative estimate of drug-likeness (QED) is 0.742. The van der Waals surface area contributed by atoms with E-state index in [9.17, 15) is 0 Å². The van der Waals surface area contributed by atoms with E-state index in [-0.39, 0.29) is 6.61 Å². The average molecular weight is 221 g/mol. The zero-order chi connectivity index (χ0) is 11.8. The van der Waals surface area contributed by atoms with Crippen LogP contribution in [0.4, 0.5) is 0 Å². The Balaban J connectivity index is 2.49. The van der Waals surface area contributed by atoms with E-state index in [1.165, 1.54) is 5.56 Å². The summed E-state index contributed by atoms with van der Waals surface area (Å²) in [6, 6.07) is 11.4. The van der Waals surface area contributed by atoms with Crippen LogP contribution in [0.25, 0.3) is 0 Å². The molecule has 0 aromatic heterocycles. The van der Waals surface area contributed by atoms with E-state index in [0.29, 0.717) is 12.1 Å². The van der Waals surface area contributed by atoms with Crippen LogP contribution in [-0.4, -0.2) is 17.8 Å². The molecule has 2 atom stereocenters. The van der Waals surface area contributed by atoms with Crippen molar-refractivity contribution in [1.29, 1.82) is 0 Å². The van der Waals surface area contributed by atoms with Gasteiger partial charge in [-0.05, 0) is 31.7 Å². The largest absolute Gasteiger partial charge is 0.396 e. The summed E-state index contributed by atoms with van der Waals surface area (Å²) in [5, 5.41) is 12.4. The van der Waals surface area contributed by atoms with Crippen LogP contribution in [0, 0.1) is 0 Å². The fourth-order valence-corrected chi connectivity index (χ4v) is 1.96.